The van der Waals surface area contributed by atoms with Gasteiger partial charge in [0.15, 0.2) is 6.61 Å². The fraction of sp³-hybridized carbons (Fsp3) is 0.400. The van der Waals surface area contributed by atoms with Crippen LogP contribution in [0.4, 0.5) is 13.2 Å². The van der Waals surface area contributed by atoms with Gasteiger partial charge in [-0.2, -0.15) is 13.2 Å². The van der Waals surface area contributed by atoms with Gasteiger partial charge in [-0.3, -0.25) is 4.79 Å². The Hall–Kier alpha value is -2.77. The number of phenolic OH excluding ortho intramolecular Hbond substituents is 1. The fourth-order valence-electron chi connectivity index (χ4n) is 2.57. The van der Waals surface area contributed by atoms with Crippen LogP contribution < -0.4 is 0 Å². The van der Waals surface area contributed by atoms with E-state index in [0.29, 0.717) is 5.56 Å². The second-order valence-electron chi connectivity index (χ2n) is 6.41. The molecule has 0 spiro atoms. The van der Waals surface area contributed by atoms with Crippen molar-refractivity contribution in [3.8, 4) is 5.75 Å². The van der Waals surface area contributed by atoms with Crippen molar-refractivity contribution in [3.63, 3.8) is 0 Å². The fourth-order valence-corrected chi connectivity index (χ4v) is 2.57. The molecule has 2 rings (SSSR count). The van der Waals surface area contributed by atoms with Crippen LogP contribution in [0.15, 0.2) is 36.4 Å². The largest absolute Gasteiger partial charge is 0.508 e. The van der Waals surface area contributed by atoms with E-state index in [1.165, 1.54) is 0 Å². The lowest BCUT2D eigenvalue weighted by atomic mass is 9.98. The summed E-state index contributed by atoms with van der Waals surface area (Å²) in [7, 11) is 0. The summed E-state index contributed by atoms with van der Waals surface area (Å²) in [5.41, 5.74) is 0.684. The van der Waals surface area contributed by atoms with Crippen LogP contribution in [0.25, 0.3) is 10.8 Å². The molecule has 2 aromatic rings. The first kappa shape index (κ1) is 21.5. The lowest BCUT2D eigenvalue weighted by Gasteiger charge is -2.13. The number of halogens is 3. The molecule has 1 atom stereocenters. The normalized spacial score (nSPS) is 12.6. The summed E-state index contributed by atoms with van der Waals surface area (Å²) in [6, 6.07) is 10.2. The van der Waals surface area contributed by atoms with E-state index in [2.05, 4.69) is 0 Å². The molecule has 0 heterocycles. The molecule has 0 saturated carbocycles. The Labute approximate surface area is 160 Å². The number of phenols is 1. The summed E-state index contributed by atoms with van der Waals surface area (Å²) in [4.78, 5) is 23.7. The van der Waals surface area contributed by atoms with Gasteiger partial charge < -0.3 is 14.6 Å². The smallest absolute Gasteiger partial charge is 0.389 e. The van der Waals surface area contributed by atoms with Crippen molar-refractivity contribution >= 4 is 22.7 Å². The van der Waals surface area contributed by atoms with E-state index in [9.17, 15) is 27.9 Å². The SMILES string of the molecule is CC(C(=O)OCC(=O)OCCCCC(F)(F)F)c1ccc2cc(O)ccc2c1. The van der Waals surface area contributed by atoms with Crippen molar-refractivity contribution in [1.29, 1.82) is 0 Å². The molecule has 2 aromatic carbocycles. The van der Waals surface area contributed by atoms with Crippen LogP contribution in [-0.4, -0.2) is 36.4 Å². The molecule has 0 aliphatic heterocycles. The van der Waals surface area contributed by atoms with Crippen LogP contribution in [0.1, 0.15) is 37.7 Å². The zero-order valence-electron chi connectivity index (χ0n) is 15.3. The Balaban J connectivity index is 1.77. The van der Waals surface area contributed by atoms with Gasteiger partial charge in [-0.05, 0) is 48.2 Å². The molecule has 0 bridgehead atoms. The van der Waals surface area contributed by atoms with Gasteiger partial charge in [0.25, 0.3) is 0 Å². The summed E-state index contributed by atoms with van der Waals surface area (Å²) in [6.07, 6.45) is -5.20. The van der Waals surface area contributed by atoms with Crippen LogP contribution >= 0.6 is 0 Å². The van der Waals surface area contributed by atoms with Crippen LogP contribution in [0.2, 0.25) is 0 Å². The Bertz CT molecular complexity index is 832. The number of unbranched alkanes of at least 4 members (excludes halogenated alkanes) is 1. The number of benzene rings is 2. The average Bonchev–Trinajstić information content (AvgIpc) is 2.63. The maximum absolute atomic E-state index is 12.1. The number of ether oxygens (including phenoxy) is 2. The van der Waals surface area contributed by atoms with Gasteiger partial charge in [-0.25, -0.2) is 4.79 Å². The van der Waals surface area contributed by atoms with Gasteiger partial charge >= 0.3 is 18.1 Å². The minimum Gasteiger partial charge on any atom is -0.508 e. The maximum Gasteiger partial charge on any atom is 0.389 e. The van der Waals surface area contributed by atoms with Crippen molar-refractivity contribution in [1.82, 2.24) is 0 Å². The number of fused-ring (bicyclic) bond motifs is 1. The third-order valence-corrected chi connectivity index (χ3v) is 4.15. The summed E-state index contributed by atoms with van der Waals surface area (Å²) in [6.45, 7) is 0.885. The number of esters is 2. The molecule has 1 N–H and O–H groups in total. The molecule has 1 unspecified atom stereocenters. The van der Waals surface area contributed by atoms with Crippen LogP contribution in [-0.2, 0) is 19.1 Å². The Morgan fingerprint density at radius 2 is 1.71 bits per heavy atom. The van der Waals surface area contributed by atoms with Crippen LogP contribution in [0, 0.1) is 0 Å². The highest BCUT2D eigenvalue weighted by Crippen LogP contribution is 2.25. The van der Waals surface area contributed by atoms with Gasteiger partial charge in [0.2, 0.25) is 0 Å². The van der Waals surface area contributed by atoms with Crippen molar-refractivity contribution in [2.24, 2.45) is 0 Å². The van der Waals surface area contributed by atoms with Crippen molar-refractivity contribution in [3.05, 3.63) is 42.0 Å². The highest BCUT2D eigenvalue weighted by Gasteiger charge is 2.26. The molecular weight excluding hydrogens is 377 g/mol. The number of hydrogen-bond acceptors (Lipinski definition) is 5. The lowest BCUT2D eigenvalue weighted by Crippen LogP contribution is -2.20. The summed E-state index contributed by atoms with van der Waals surface area (Å²) < 4.78 is 45.7. The van der Waals surface area contributed by atoms with E-state index in [1.807, 2.05) is 0 Å². The van der Waals surface area contributed by atoms with E-state index in [-0.39, 0.29) is 25.2 Å². The first-order chi connectivity index (χ1) is 13.2. The number of carbonyl (C=O) groups is 2. The highest BCUT2D eigenvalue weighted by molar-refractivity contribution is 5.87. The number of hydrogen-bond donors (Lipinski definition) is 1. The monoisotopic (exact) mass is 398 g/mol. The van der Waals surface area contributed by atoms with Crippen molar-refractivity contribution in [2.75, 3.05) is 13.2 Å². The van der Waals surface area contributed by atoms with Gasteiger partial charge in [0.05, 0.1) is 12.5 Å². The summed E-state index contributed by atoms with van der Waals surface area (Å²) in [5, 5.41) is 11.1. The molecule has 5 nitrogen and oxygen atoms in total. The van der Waals surface area contributed by atoms with E-state index in [0.717, 1.165) is 10.8 Å². The second kappa shape index (κ2) is 9.43. The number of rotatable bonds is 8. The zero-order valence-corrected chi connectivity index (χ0v) is 15.3. The molecular formula is C20H21F3O5. The Morgan fingerprint density at radius 3 is 2.43 bits per heavy atom. The number of alkyl halides is 3. The first-order valence-electron chi connectivity index (χ1n) is 8.77. The zero-order chi connectivity index (χ0) is 20.7. The van der Waals surface area contributed by atoms with E-state index in [4.69, 9.17) is 9.47 Å². The Kier molecular flexibility index (Phi) is 7.25. The quantitative estimate of drug-likeness (QED) is 0.525. The molecule has 8 heteroatoms. The Morgan fingerprint density at radius 1 is 1.04 bits per heavy atom. The van der Waals surface area contributed by atoms with E-state index in [1.54, 1.807) is 43.3 Å². The third kappa shape index (κ3) is 6.75. The van der Waals surface area contributed by atoms with Crippen LogP contribution in [0.5, 0.6) is 5.75 Å². The standard InChI is InChI=1S/C20H21F3O5/c1-13(14-4-5-16-11-17(24)7-6-15(16)10-14)19(26)28-12-18(25)27-9-3-2-8-20(21,22)23/h4-7,10-11,13,24H,2-3,8-9,12H2,1H3. The molecule has 28 heavy (non-hydrogen) atoms. The van der Waals surface area contributed by atoms with E-state index >= 15 is 0 Å². The minimum absolute atomic E-state index is 0.0856. The molecule has 0 fully saturated rings. The van der Waals surface area contributed by atoms with Crippen molar-refractivity contribution < 1.29 is 37.3 Å². The van der Waals surface area contributed by atoms with Gasteiger partial charge in [-0.15, -0.1) is 0 Å². The number of aromatic hydroxyl groups is 1. The lowest BCUT2D eigenvalue weighted by molar-refractivity contribution is -0.159. The minimum atomic E-state index is -4.22. The maximum atomic E-state index is 12.1. The third-order valence-electron chi connectivity index (χ3n) is 4.15. The molecule has 0 aliphatic rings. The molecule has 0 amide bonds. The molecule has 152 valence electrons. The van der Waals surface area contributed by atoms with Gasteiger partial charge in [-0.1, -0.05) is 24.3 Å². The number of carbonyl (C=O) groups excluding carboxylic acids is 2. The topological polar surface area (TPSA) is 72.8 Å². The molecule has 0 radical (unpaired) electrons. The average molecular weight is 398 g/mol. The highest BCUT2D eigenvalue weighted by atomic mass is 19.4. The second-order valence-corrected chi connectivity index (χ2v) is 6.41. The molecule has 0 aliphatic carbocycles. The van der Waals surface area contributed by atoms with Crippen molar-refractivity contribution in [2.45, 2.75) is 38.3 Å². The molecule has 0 aromatic heterocycles. The van der Waals surface area contributed by atoms with Crippen LogP contribution in [0.3, 0.4) is 0 Å². The first-order valence-corrected chi connectivity index (χ1v) is 8.77. The summed E-state index contributed by atoms with van der Waals surface area (Å²) >= 11 is 0. The predicted molar refractivity (Wildman–Crippen MR) is 95.9 cm³/mol. The summed E-state index contributed by atoms with van der Waals surface area (Å²) in [5.74, 6) is -1.91. The predicted octanol–water partition coefficient (Wildman–Crippen LogP) is 4.47. The van der Waals surface area contributed by atoms with E-state index < -0.39 is 37.1 Å². The van der Waals surface area contributed by atoms with Gasteiger partial charge in [0, 0.05) is 6.42 Å². The van der Waals surface area contributed by atoms with Gasteiger partial charge in [0.1, 0.15) is 5.75 Å². The molecule has 0 saturated heterocycles.